The van der Waals surface area contributed by atoms with Gasteiger partial charge in [-0.05, 0) is 48.0 Å². The van der Waals surface area contributed by atoms with E-state index in [2.05, 4.69) is 4.72 Å². The van der Waals surface area contributed by atoms with Crippen molar-refractivity contribution in [2.75, 3.05) is 4.72 Å². The van der Waals surface area contributed by atoms with E-state index in [4.69, 9.17) is 5.11 Å². The van der Waals surface area contributed by atoms with Gasteiger partial charge in [0.2, 0.25) is 0 Å². The lowest BCUT2D eigenvalue weighted by Crippen LogP contribution is -2.29. The van der Waals surface area contributed by atoms with Crippen LogP contribution in [0.2, 0.25) is 0 Å². The Morgan fingerprint density at radius 1 is 0.906 bits per heavy atom. The van der Waals surface area contributed by atoms with Gasteiger partial charge < -0.3 is 10.2 Å². The Bertz CT molecular complexity index is 1330. The minimum absolute atomic E-state index is 0.0262. The number of amides is 2. The van der Waals surface area contributed by atoms with Crippen molar-refractivity contribution in [2.45, 2.75) is 11.4 Å². The fourth-order valence-electron chi connectivity index (χ4n) is 3.29. The minimum Gasteiger partial charge on any atom is -0.506 e. The van der Waals surface area contributed by atoms with Gasteiger partial charge in [0.1, 0.15) is 5.75 Å². The highest BCUT2D eigenvalue weighted by molar-refractivity contribution is 7.92. The van der Waals surface area contributed by atoms with Crippen molar-refractivity contribution in [3.63, 3.8) is 0 Å². The first kappa shape index (κ1) is 21.1. The number of carboxylic acids is 1. The van der Waals surface area contributed by atoms with E-state index in [0.717, 1.165) is 23.1 Å². The number of phenols is 1. The molecule has 0 atom stereocenters. The highest BCUT2D eigenvalue weighted by Gasteiger charge is 2.35. The molecule has 3 N–H and O–H groups in total. The zero-order valence-corrected chi connectivity index (χ0v) is 17.2. The molecule has 4 rings (SSSR count). The maximum atomic E-state index is 12.7. The number of rotatable bonds is 6. The number of aromatic carboxylic acids is 1. The Hall–Kier alpha value is -4.18. The third kappa shape index (κ3) is 3.79. The minimum atomic E-state index is -4.14. The summed E-state index contributed by atoms with van der Waals surface area (Å²) in [6.45, 7) is -0.0262. The molecule has 0 bridgehead atoms. The van der Waals surface area contributed by atoms with Gasteiger partial charge >= 0.3 is 5.97 Å². The molecular weight excluding hydrogens is 436 g/mol. The zero-order chi connectivity index (χ0) is 23.0. The number of sulfonamides is 1. The molecule has 1 heterocycles. The number of hydrogen-bond donors (Lipinski definition) is 3. The summed E-state index contributed by atoms with van der Waals surface area (Å²) in [5, 5.41) is 18.9. The highest BCUT2D eigenvalue weighted by atomic mass is 32.2. The molecule has 2 amide bonds. The van der Waals surface area contributed by atoms with Crippen molar-refractivity contribution in [3.05, 3.63) is 89.0 Å². The topological polar surface area (TPSA) is 141 Å². The Morgan fingerprint density at radius 2 is 1.50 bits per heavy atom. The van der Waals surface area contributed by atoms with Crippen LogP contribution in [-0.2, 0) is 16.6 Å². The summed E-state index contributed by atoms with van der Waals surface area (Å²) in [6.07, 6.45) is 0. The molecule has 0 aromatic heterocycles. The Labute approximate surface area is 182 Å². The first-order chi connectivity index (χ1) is 15.2. The number of hydrogen-bond acceptors (Lipinski definition) is 6. The molecule has 0 saturated carbocycles. The smallest absolute Gasteiger partial charge is 0.335 e. The van der Waals surface area contributed by atoms with Crippen LogP contribution in [0.4, 0.5) is 5.69 Å². The van der Waals surface area contributed by atoms with E-state index in [9.17, 15) is 27.9 Å². The predicted molar refractivity (Wildman–Crippen MR) is 113 cm³/mol. The van der Waals surface area contributed by atoms with E-state index in [1.165, 1.54) is 24.3 Å². The maximum Gasteiger partial charge on any atom is 0.335 e. The van der Waals surface area contributed by atoms with E-state index < -0.39 is 33.6 Å². The van der Waals surface area contributed by atoms with Crippen LogP contribution in [0.5, 0.6) is 5.75 Å². The van der Waals surface area contributed by atoms with Crippen molar-refractivity contribution in [2.24, 2.45) is 0 Å². The van der Waals surface area contributed by atoms with Gasteiger partial charge in [-0.3, -0.25) is 19.2 Å². The van der Waals surface area contributed by atoms with Crippen LogP contribution in [0, 0.1) is 0 Å². The largest absolute Gasteiger partial charge is 0.506 e. The van der Waals surface area contributed by atoms with Gasteiger partial charge in [-0.25, -0.2) is 13.2 Å². The van der Waals surface area contributed by atoms with Gasteiger partial charge in [-0.15, -0.1) is 0 Å². The highest BCUT2D eigenvalue weighted by Crippen LogP contribution is 2.28. The second-order valence-electron chi connectivity index (χ2n) is 7.03. The molecule has 0 fully saturated rings. The molecule has 3 aromatic rings. The standard InChI is InChI=1S/C22H16N2O7S/c25-19-10-7-14(22(28)29)11-18(19)23-32(30,31)15-8-5-13(6-9-15)12-24-20(26)16-3-1-2-4-17(16)21(24)27/h1-11,23,25H,12H2,(H,28,29). The van der Waals surface area contributed by atoms with Crippen molar-refractivity contribution in [1.82, 2.24) is 4.90 Å². The van der Waals surface area contributed by atoms with Gasteiger partial charge in [-0.2, -0.15) is 0 Å². The SMILES string of the molecule is O=C(O)c1ccc(O)c(NS(=O)(=O)c2ccc(CN3C(=O)c4ccccc4C3=O)cc2)c1. The maximum absolute atomic E-state index is 12.7. The van der Waals surface area contributed by atoms with E-state index >= 15 is 0 Å². The Kier molecular flexibility index (Phi) is 5.15. The quantitative estimate of drug-likeness (QED) is 0.386. The van der Waals surface area contributed by atoms with Crippen LogP contribution >= 0.6 is 0 Å². The van der Waals surface area contributed by atoms with Crippen LogP contribution < -0.4 is 4.72 Å². The molecular formula is C22H16N2O7S. The summed E-state index contributed by atoms with van der Waals surface area (Å²) in [6, 6.07) is 15.2. The molecule has 9 nitrogen and oxygen atoms in total. The molecule has 0 aliphatic carbocycles. The Morgan fingerprint density at radius 3 is 2.06 bits per heavy atom. The van der Waals surface area contributed by atoms with Gasteiger partial charge in [0.05, 0.1) is 33.8 Å². The second kappa shape index (κ2) is 7.82. The summed E-state index contributed by atoms with van der Waals surface area (Å²) < 4.78 is 27.5. The van der Waals surface area contributed by atoms with Crippen molar-refractivity contribution < 1.29 is 33.0 Å². The summed E-state index contributed by atoms with van der Waals surface area (Å²) in [7, 11) is -4.14. The van der Waals surface area contributed by atoms with Crippen molar-refractivity contribution >= 4 is 33.5 Å². The van der Waals surface area contributed by atoms with Gasteiger partial charge in [0, 0.05) is 0 Å². The number of benzene rings is 3. The molecule has 10 heteroatoms. The number of aromatic hydroxyl groups is 1. The third-order valence-electron chi connectivity index (χ3n) is 4.94. The molecule has 1 aliphatic heterocycles. The zero-order valence-electron chi connectivity index (χ0n) is 16.3. The molecule has 0 spiro atoms. The number of anilines is 1. The number of phenolic OH excluding ortho intramolecular Hbond substituents is 1. The summed E-state index contributed by atoms with van der Waals surface area (Å²) in [5.74, 6) is -2.54. The van der Waals surface area contributed by atoms with Crippen molar-refractivity contribution in [1.29, 1.82) is 0 Å². The third-order valence-corrected chi connectivity index (χ3v) is 6.32. The number of carbonyl (C=O) groups excluding carboxylic acids is 2. The summed E-state index contributed by atoms with van der Waals surface area (Å²) in [4.78, 5) is 37.0. The van der Waals surface area contributed by atoms with Crippen LogP contribution in [0.1, 0.15) is 36.6 Å². The lowest BCUT2D eigenvalue weighted by molar-refractivity contribution is 0.0639. The van der Waals surface area contributed by atoms with E-state index in [-0.39, 0.29) is 22.7 Å². The molecule has 0 radical (unpaired) electrons. The number of nitrogens with one attached hydrogen (secondary N) is 1. The van der Waals surface area contributed by atoms with Crippen LogP contribution in [-0.4, -0.2) is 41.3 Å². The molecule has 32 heavy (non-hydrogen) atoms. The van der Waals surface area contributed by atoms with Gasteiger partial charge in [0.15, 0.2) is 0 Å². The molecule has 3 aromatic carbocycles. The lowest BCUT2D eigenvalue weighted by atomic mass is 10.1. The lowest BCUT2D eigenvalue weighted by Gasteiger charge is -2.14. The van der Waals surface area contributed by atoms with Crippen LogP contribution in [0.15, 0.2) is 71.6 Å². The number of nitrogens with zero attached hydrogens (tertiary/aromatic N) is 1. The van der Waals surface area contributed by atoms with E-state index in [1.54, 1.807) is 24.3 Å². The first-order valence-corrected chi connectivity index (χ1v) is 10.8. The fraction of sp³-hybridized carbons (Fsp3) is 0.0455. The number of carbonyl (C=O) groups is 3. The summed E-state index contributed by atoms with van der Waals surface area (Å²) in [5.41, 5.74) is 0.708. The van der Waals surface area contributed by atoms with Gasteiger partial charge in [0.25, 0.3) is 21.8 Å². The number of fused-ring (bicyclic) bond motifs is 1. The molecule has 1 aliphatic rings. The Balaban J connectivity index is 1.53. The van der Waals surface area contributed by atoms with Crippen molar-refractivity contribution in [3.8, 4) is 5.75 Å². The average Bonchev–Trinajstić information content (AvgIpc) is 3.00. The van der Waals surface area contributed by atoms with E-state index in [0.29, 0.717) is 16.7 Å². The van der Waals surface area contributed by atoms with Gasteiger partial charge in [-0.1, -0.05) is 24.3 Å². The van der Waals surface area contributed by atoms with Crippen LogP contribution in [0.25, 0.3) is 0 Å². The molecule has 162 valence electrons. The monoisotopic (exact) mass is 452 g/mol. The summed E-state index contributed by atoms with van der Waals surface area (Å²) >= 11 is 0. The fourth-order valence-corrected chi connectivity index (χ4v) is 4.36. The first-order valence-electron chi connectivity index (χ1n) is 9.30. The second-order valence-corrected chi connectivity index (χ2v) is 8.71. The number of carboxylic acid groups (broad SMARTS) is 1. The normalized spacial score (nSPS) is 13.2. The molecule has 0 saturated heterocycles. The molecule has 0 unspecified atom stereocenters. The van der Waals surface area contributed by atoms with E-state index in [1.807, 2.05) is 0 Å². The number of imide groups is 1. The predicted octanol–water partition coefficient (Wildman–Crippen LogP) is 2.69. The van der Waals surface area contributed by atoms with Crippen LogP contribution in [0.3, 0.4) is 0 Å². The average molecular weight is 452 g/mol.